The van der Waals surface area contributed by atoms with Crippen molar-refractivity contribution >= 4 is 32.9 Å². The number of nitrogens with zero attached hydrogens (tertiary/aromatic N) is 2. The number of rotatable bonds is 3. The van der Waals surface area contributed by atoms with Crippen LogP contribution in [-0.2, 0) is 6.18 Å². The van der Waals surface area contributed by atoms with Crippen LogP contribution in [0.25, 0.3) is 22.2 Å². The van der Waals surface area contributed by atoms with Crippen LogP contribution in [0.3, 0.4) is 0 Å². The highest BCUT2D eigenvalue weighted by atomic mass is 79.9. The molecular formula is C25H18BrF3N2O2. The maximum absolute atomic E-state index is 13.5. The normalized spacial score (nSPS) is 16.5. The van der Waals surface area contributed by atoms with Crippen molar-refractivity contribution in [3.05, 3.63) is 88.2 Å². The van der Waals surface area contributed by atoms with Gasteiger partial charge in [0, 0.05) is 16.6 Å². The van der Waals surface area contributed by atoms with E-state index in [0.717, 1.165) is 17.0 Å². The number of aromatic nitrogens is 1. The van der Waals surface area contributed by atoms with Crippen LogP contribution in [0, 0.1) is 0 Å². The summed E-state index contributed by atoms with van der Waals surface area (Å²) < 4.78 is 47.2. The van der Waals surface area contributed by atoms with Crippen LogP contribution >= 0.6 is 15.9 Å². The summed E-state index contributed by atoms with van der Waals surface area (Å²) in [6.07, 6.45) is -2.94. The van der Waals surface area contributed by atoms with E-state index >= 15 is 0 Å². The van der Waals surface area contributed by atoms with Crippen LogP contribution in [0.5, 0.6) is 0 Å². The highest BCUT2D eigenvalue weighted by Crippen LogP contribution is 2.39. The Hall–Kier alpha value is -3.13. The average molecular weight is 515 g/mol. The predicted octanol–water partition coefficient (Wildman–Crippen LogP) is 7.25. The van der Waals surface area contributed by atoms with E-state index in [4.69, 9.17) is 4.42 Å². The van der Waals surface area contributed by atoms with E-state index < -0.39 is 11.7 Å². The number of oxazole rings is 1. The van der Waals surface area contributed by atoms with Gasteiger partial charge in [0.05, 0.1) is 5.56 Å². The van der Waals surface area contributed by atoms with Gasteiger partial charge in [0.2, 0.25) is 5.89 Å². The Labute approximate surface area is 196 Å². The minimum atomic E-state index is -4.46. The van der Waals surface area contributed by atoms with Gasteiger partial charge in [-0.2, -0.15) is 13.2 Å². The molecule has 3 aromatic carbocycles. The molecule has 2 heterocycles. The lowest BCUT2D eigenvalue weighted by atomic mass is 9.99. The van der Waals surface area contributed by atoms with E-state index in [0.29, 0.717) is 41.1 Å². The Morgan fingerprint density at radius 1 is 1.06 bits per heavy atom. The molecule has 4 aromatic rings. The Morgan fingerprint density at radius 3 is 2.58 bits per heavy atom. The molecule has 0 aliphatic carbocycles. The molecule has 168 valence electrons. The molecular weight excluding hydrogens is 497 g/mol. The number of benzene rings is 3. The molecule has 0 spiro atoms. The first-order valence-electron chi connectivity index (χ1n) is 10.4. The molecule has 1 aliphatic rings. The smallest absolute Gasteiger partial charge is 0.417 e. The van der Waals surface area contributed by atoms with E-state index in [1.807, 2.05) is 12.1 Å². The van der Waals surface area contributed by atoms with Gasteiger partial charge in [0.1, 0.15) is 11.6 Å². The first-order chi connectivity index (χ1) is 15.8. The largest absolute Gasteiger partial charge is 0.438 e. The molecule has 4 nitrogen and oxygen atoms in total. The summed E-state index contributed by atoms with van der Waals surface area (Å²) in [6, 6.07) is 17.1. The van der Waals surface area contributed by atoms with E-state index in [2.05, 4.69) is 20.9 Å². The second kappa shape index (κ2) is 8.33. The highest BCUT2D eigenvalue weighted by molar-refractivity contribution is 9.10. The molecule has 1 atom stereocenters. The molecule has 5 rings (SSSR count). The quantitative estimate of drug-likeness (QED) is 0.289. The fourth-order valence-electron chi connectivity index (χ4n) is 4.26. The van der Waals surface area contributed by atoms with Crippen molar-refractivity contribution in [1.29, 1.82) is 0 Å². The molecule has 33 heavy (non-hydrogen) atoms. The fourth-order valence-corrected chi connectivity index (χ4v) is 4.53. The first-order valence-corrected chi connectivity index (χ1v) is 11.2. The highest BCUT2D eigenvalue weighted by Gasteiger charge is 2.35. The molecule has 1 aliphatic heterocycles. The summed E-state index contributed by atoms with van der Waals surface area (Å²) in [5, 5.41) is 0. The van der Waals surface area contributed by atoms with Crippen LogP contribution in [0.1, 0.15) is 40.7 Å². The predicted molar refractivity (Wildman–Crippen MR) is 122 cm³/mol. The standard InChI is InChI=1S/C25H18BrF3N2O2/c26-17-10-7-15(8-11-17)24(32)31-13-3-6-21(31)23-30-20-14-16(9-12-22(20)33-23)18-4-1-2-5-19(18)25(27,28)29/h1-2,4-5,7-12,14,21H,3,6,13H2/t21-/m1/s1. The lowest BCUT2D eigenvalue weighted by Crippen LogP contribution is -2.30. The zero-order chi connectivity index (χ0) is 23.2. The van der Waals surface area contributed by atoms with Gasteiger partial charge in [0.15, 0.2) is 5.58 Å². The summed E-state index contributed by atoms with van der Waals surface area (Å²) in [4.78, 5) is 19.4. The van der Waals surface area contributed by atoms with Crippen LogP contribution in [0.2, 0.25) is 0 Å². The summed E-state index contributed by atoms with van der Waals surface area (Å²) in [5.74, 6) is 0.293. The molecule has 0 saturated carbocycles. The third kappa shape index (κ3) is 4.15. The number of carbonyl (C=O) groups is 1. The Bertz CT molecular complexity index is 1330. The van der Waals surface area contributed by atoms with Gasteiger partial charge >= 0.3 is 6.18 Å². The summed E-state index contributed by atoms with van der Waals surface area (Å²) in [5.41, 5.74) is 1.31. The number of alkyl halides is 3. The molecule has 0 bridgehead atoms. The number of hydrogen-bond donors (Lipinski definition) is 0. The van der Waals surface area contributed by atoms with Gasteiger partial charge in [-0.1, -0.05) is 40.2 Å². The number of fused-ring (bicyclic) bond motifs is 1. The number of halogens is 4. The molecule has 1 saturated heterocycles. The molecule has 0 unspecified atom stereocenters. The lowest BCUT2D eigenvalue weighted by molar-refractivity contribution is -0.137. The first kappa shape index (κ1) is 21.7. The molecule has 1 fully saturated rings. The maximum Gasteiger partial charge on any atom is 0.417 e. The van der Waals surface area contributed by atoms with Crippen molar-refractivity contribution < 1.29 is 22.4 Å². The van der Waals surface area contributed by atoms with Crippen molar-refractivity contribution in [1.82, 2.24) is 9.88 Å². The fraction of sp³-hybridized carbons (Fsp3) is 0.200. The van der Waals surface area contributed by atoms with Crippen LogP contribution in [0.4, 0.5) is 13.2 Å². The van der Waals surface area contributed by atoms with Gasteiger partial charge in [-0.15, -0.1) is 0 Å². The zero-order valence-electron chi connectivity index (χ0n) is 17.3. The van der Waals surface area contributed by atoms with Crippen molar-refractivity contribution in [3.63, 3.8) is 0 Å². The van der Waals surface area contributed by atoms with E-state index in [1.54, 1.807) is 41.3 Å². The van der Waals surface area contributed by atoms with E-state index in [1.165, 1.54) is 12.1 Å². The summed E-state index contributed by atoms with van der Waals surface area (Å²) >= 11 is 3.37. The van der Waals surface area contributed by atoms with Gasteiger partial charge in [-0.05, 0) is 66.4 Å². The Morgan fingerprint density at radius 2 is 1.82 bits per heavy atom. The molecule has 8 heteroatoms. The summed E-state index contributed by atoms with van der Waals surface area (Å²) in [7, 11) is 0. The van der Waals surface area contributed by atoms with E-state index in [-0.39, 0.29) is 17.5 Å². The molecule has 0 N–H and O–H groups in total. The lowest BCUT2D eigenvalue weighted by Gasteiger charge is -2.22. The third-order valence-electron chi connectivity index (χ3n) is 5.84. The number of amides is 1. The minimum Gasteiger partial charge on any atom is -0.438 e. The van der Waals surface area contributed by atoms with Crippen molar-refractivity contribution in [3.8, 4) is 11.1 Å². The van der Waals surface area contributed by atoms with Gasteiger partial charge in [-0.25, -0.2) is 4.98 Å². The number of carbonyl (C=O) groups excluding carboxylic acids is 1. The summed E-state index contributed by atoms with van der Waals surface area (Å²) in [6.45, 7) is 0.586. The zero-order valence-corrected chi connectivity index (χ0v) is 18.9. The number of hydrogen-bond acceptors (Lipinski definition) is 3. The Kier molecular flexibility index (Phi) is 5.48. The van der Waals surface area contributed by atoms with E-state index in [9.17, 15) is 18.0 Å². The molecule has 1 amide bonds. The second-order valence-corrected chi connectivity index (χ2v) is 8.86. The van der Waals surface area contributed by atoms with Crippen LogP contribution in [0.15, 0.2) is 75.6 Å². The van der Waals surface area contributed by atoms with Crippen molar-refractivity contribution in [2.24, 2.45) is 0 Å². The SMILES string of the molecule is O=C(c1ccc(Br)cc1)N1CCC[C@@H]1c1nc2cc(-c3ccccc3C(F)(F)F)ccc2o1. The Balaban J connectivity index is 1.48. The third-order valence-corrected chi connectivity index (χ3v) is 6.37. The monoisotopic (exact) mass is 514 g/mol. The van der Waals surface area contributed by atoms with Gasteiger partial charge in [-0.3, -0.25) is 4.79 Å². The minimum absolute atomic E-state index is 0.0874. The van der Waals surface area contributed by atoms with Crippen molar-refractivity contribution in [2.75, 3.05) is 6.54 Å². The van der Waals surface area contributed by atoms with Gasteiger partial charge < -0.3 is 9.32 Å². The van der Waals surface area contributed by atoms with Gasteiger partial charge in [0.25, 0.3) is 5.91 Å². The molecule has 0 radical (unpaired) electrons. The second-order valence-electron chi connectivity index (χ2n) is 7.94. The van der Waals surface area contributed by atoms with Crippen LogP contribution in [-0.4, -0.2) is 22.3 Å². The molecule has 1 aromatic heterocycles. The average Bonchev–Trinajstić information content (AvgIpc) is 3.45. The van der Waals surface area contributed by atoms with Crippen LogP contribution < -0.4 is 0 Å². The number of likely N-dealkylation sites (tertiary alicyclic amines) is 1. The topological polar surface area (TPSA) is 46.3 Å². The van der Waals surface area contributed by atoms with Crippen molar-refractivity contribution in [2.45, 2.75) is 25.1 Å². The maximum atomic E-state index is 13.5.